The number of aliphatic carboxylic acids is 1. The van der Waals surface area contributed by atoms with Crippen LogP contribution in [0, 0.1) is 25.7 Å². The molecule has 0 saturated heterocycles. The molecule has 2 nitrogen and oxygen atoms in total. The van der Waals surface area contributed by atoms with Crippen LogP contribution in [0.2, 0.25) is 0 Å². The van der Waals surface area contributed by atoms with Crippen LogP contribution in [0.4, 0.5) is 0 Å². The van der Waals surface area contributed by atoms with Gasteiger partial charge in [-0.25, -0.2) is 0 Å². The van der Waals surface area contributed by atoms with Gasteiger partial charge in [0.15, 0.2) is 0 Å². The van der Waals surface area contributed by atoms with E-state index in [1.165, 1.54) is 29.5 Å². The van der Waals surface area contributed by atoms with Crippen LogP contribution in [0.1, 0.15) is 48.8 Å². The average molecular weight is 260 g/mol. The highest BCUT2D eigenvalue weighted by Crippen LogP contribution is 2.32. The summed E-state index contributed by atoms with van der Waals surface area (Å²) in [4.78, 5) is 11.5. The Morgan fingerprint density at radius 3 is 2.68 bits per heavy atom. The first kappa shape index (κ1) is 14.1. The fourth-order valence-corrected chi connectivity index (χ4v) is 3.26. The molecule has 1 N–H and O–H groups in total. The molecule has 1 fully saturated rings. The number of hydrogen-bond acceptors (Lipinski definition) is 1. The Morgan fingerprint density at radius 2 is 1.95 bits per heavy atom. The van der Waals surface area contributed by atoms with E-state index in [0.29, 0.717) is 5.92 Å². The van der Waals surface area contributed by atoms with Crippen molar-refractivity contribution in [3.8, 4) is 0 Å². The molecule has 2 rings (SSSR count). The van der Waals surface area contributed by atoms with E-state index in [2.05, 4.69) is 32.0 Å². The Hall–Kier alpha value is -1.31. The predicted octanol–water partition coefficient (Wildman–Crippen LogP) is 4.13. The molecular weight excluding hydrogens is 236 g/mol. The normalized spacial score (nSPS) is 23.9. The maximum absolute atomic E-state index is 11.5. The second kappa shape index (κ2) is 6.23. The lowest BCUT2D eigenvalue weighted by atomic mass is 9.82. The fraction of sp³-hybridized carbons (Fsp3) is 0.588. The molecule has 0 aromatic heterocycles. The Balaban J connectivity index is 2.18. The lowest BCUT2D eigenvalue weighted by Gasteiger charge is -2.22. The summed E-state index contributed by atoms with van der Waals surface area (Å²) in [6.07, 6.45) is 6.27. The molecule has 1 aromatic rings. The maximum Gasteiger partial charge on any atom is 0.306 e. The maximum atomic E-state index is 11.5. The minimum Gasteiger partial charge on any atom is -0.481 e. The number of carboxylic acids is 1. The van der Waals surface area contributed by atoms with Gasteiger partial charge in [-0.1, -0.05) is 43.0 Å². The van der Waals surface area contributed by atoms with Crippen LogP contribution in [0.3, 0.4) is 0 Å². The van der Waals surface area contributed by atoms with Crippen molar-refractivity contribution in [2.45, 2.75) is 52.4 Å². The van der Waals surface area contributed by atoms with Gasteiger partial charge in [0.25, 0.3) is 0 Å². The zero-order chi connectivity index (χ0) is 13.8. The molecule has 104 valence electrons. The second-order valence-corrected chi connectivity index (χ2v) is 5.98. The van der Waals surface area contributed by atoms with Gasteiger partial charge in [-0.2, -0.15) is 0 Å². The molecule has 1 aliphatic carbocycles. The first-order valence-electron chi connectivity index (χ1n) is 7.37. The Morgan fingerprint density at radius 1 is 1.21 bits per heavy atom. The topological polar surface area (TPSA) is 37.3 Å². The van der Waals surface area contributed by atoms with Gasteiger partial charge >= 0.3 is 5.97 Å². The van der Waals surface area contributed by atoms with Crippen molar-refractivity contribution < 1.29 is 9.90 Å². The van der Waals surface area contributed by atoms with Crippen LogP contribution in [0.15, 0.2) is 18.2 Å². The van der Waals surface area contributed by atoms with E-state index < -0.39 is 5.97 Å². The highest BCUT2D eigenvalue weighted by molar-refractivity contribution is 5.70. The highest BCUT2D eigenvalue weighted by Gasteiger charge is 2.29. The minimum atomic E-state index is -0.600. The standard InChI is InChI=1S/C17H24O2/c1-12-8-9-13(2)15(10-12)11-14-6-4-3-5-7-16(14)17(18)19/h8-10,14,16H,3-7,11H2,1-2H3,(H,18,19). The van der Waals surface area contributed by atoms with Crippen LogP contribution >= 0.6 is 0 Å². The molecule has 0 radical (unpaired) electrons. The highest BCUT2D eigenvalue weighted by atomic mass is 16.4. The molecule has 1 aromatic carbocycles. The van der Waals surface area contributed by atoms with E-state index in [1.807, 2.05) is 0 Å². The molecule has 0 heterocycles. The van der Waals surface area contributed by atoms with Gasteiger partial charge in [-0.3, -0.25) is 4.79 Å². The van der Waals surface area contributed by atoms with Gasteiger partial charge in [0.1, 0.15) is 0 Å². The van der Waals surface area contributed by atoms with Gasteiger partial charge in [0, 0.05) is 0 Å². The molecule has 1 aliphatic rings. The van der Waals surface area contributed by atoms with Crippen molar-refractivity contribution in [1.29, 1.82) is 0 Å². The quantitative estimate of drug-likeness (QED) is 0.830. The smallest absolute Gasteiger partial charge is 0.306 e. The van der Waals surface area contributed by atoms with Crippen molar-refractivity contribution in [2.24, 2.45) is 11.8 Å². The Kier molecular flexibility index (Phi) is 4.62. The van der Waals surface area contributed by atoms with Crippen LogP contribution in [0.25, 0.3) is 0 Å². The first-order valence-corrected chi connectivity index (χ1v) is 7.37. The zero-order valence-corrected chi connectivity index (χ0v) is 12.0. The molecule has 0 bridgehead atoms. The van der Waals surface area contributed by atoms with E-state index >= 15 is 0 Å². The first-order chi connectivity index (χ1) is 9.08. The van der Waals surface area contributed by atoms with Gasteiger partial charge in [-0.15, -0.1) is 0 Å². The SMILES string of the molecule is Cc1ccc(C)c(CC2CCCCCC2C(=O)O)c1. The third-order valence-corrected chi connectivity index (χ3v) is 4.46. The van der Waals surface area contributed by atoms with Gasteiger partial charge in [-0.05, 0) is 50.2 Å². The number of carbonyl (C=O) groups is 1. The Bertz CT molecular complexity index is 451. The van der Waals surface area contributed by atoms with Crippen LogP contribution < -0.4 is 0 Å². The van der Waals surface area contributed by atoms with Crippen molar-refractivity contribution >= 4 is 5.97 Å². The van der Waals surface area contributed by atoms with Crippen LogP contribution in [0.5, 0.6) is 0 Å². The van der Waals surface area contributed by atoms with Crippen molar-refractivity contribution in [3.05, 3.63) is 34.9 Å². The zero-order valence-electron chi connectivity index (χ0n) is 12.0. The lowest BCUT2D eigenvalue weighted by Crippen LogP contribution is -2.24. The second-order valence-electron chi connectivity index (χ2n) is 5.98. The molecule has 19 heavy (non-hydrogen) atoms. The summed E-state index contributed by atoms with van der Waals surface area (Å²) in [6, 6.07) is 6.50. The van der Waals surface area contributed by atoms with Crippen molar-refractivity contribution in [1.82, 2.24) is 0 Å². The van der Waals surface area contributed by atoms with Gasteiger partial charge in [0.05, 0.1) is 5.92 Å². The number of aryl methyl sites for hydroxylation is 2. The third-order valence-electron chi connectivity index (χ3n) is 4.46. The lowest BCUT2D eigenvalue weighted by molar-refractivity contribution is -0.143. The Labute approximate surface area is 115 Å². The van der Waals surface area contributed by atoms with Gasteiger partial charge < -0.3 is 5.11 Å². The summed E-state index contributed by atoms with van der Waals surface area (Å²) in [7, 11) is 0. The molecule has 2 heteroatoms. The summed E-state index contributed by atoms with van der Waals surface area (Å²) in [6.45, 7) is 4.23. The summed E-state index contributed by atoms with van der Waals surface area (Å²) in [5.74, 6) is -0.444. The number of benzene rings is 1. The van der Waals surface area contributed by atoms with Crippen molar-refractivity contribution in [3.63, 3.8) is 0 Å². The number of hydrogen-bond donors (Lipinski definition) is 1. The summed E-state index contributed by atoms with van der Waals surface area (Å²) >= 11 is 0. The molecule has 2 atom stereocenters. The van der Waals surface area contributed by atoms with Crippen LogP contribution in [-0.2, 0) is 11.2 Å². The average Bonchev–Trinajstić information content (AvgIpc) is 2.59. The van der Waals surface area contributed by atoms with Crippen molar-refractivity contribution in [2.75, 3.05) is 0 Å². The molecule has 1 saturated carbocycles. The molecule has 0 spiro atoms. The largest absolute Gasteiger partial charge is 0.481 e. The monoisotopic (exact) mass is 260 g/mol. The van der Waals surface area contributed by atoms with E-state index in [-0.39, 0.29) is 5.92 Å². The van der Waals surface area contributed by atoms with Gasteiger partial charge in [0.2, 0.25) is 0 Å². The molecule has 0 amide bonds. The van der Waals surface area contributed by atoms with Crippen LogP contribution in [-0.4, -0.2) is 11.1 Å². The third kappa shape index (κ3) is 3.59. The fourth-order valence-electron chi connectivity index (χ4n) is 3.26. The molecule has 2 unspecified atom stereocenters. The van der Waals surface area contributed by atoms with E-state index in [1.54, 1.807) is 0 Å². The van der Waals surface area contributed by atoms with E-state index in [0.717, 1.165) is 25.7 Å². The number of rotatable bonds is 3. The molecule has 0 aliphatic heterocycles. The predicted molar refractivity (Wildman–Crippen MR) is 77.3 cm³/mol. The summed E-state index contributed by atoms with van der Waals surface area (Å²) in [5.41, 5.74) is 3.89. The summed E-state index contributed by atoms with van der Waals surface area (Å²) < 4.78 is 0. The number of carboxylic acid groups (broad SMARTS) is 1. The van der Waals surface area contributed by atoms with E-state index in [9.17, 15) is 9.90 Å². The molecular formula is C17H24O2. The minimum absolute atomic E-state index is 0.151. The summed E-state index contributed by atoms with van der Waals surface area (Å²) in [5, 5.41) is 9.44. The van der Waals surface area contributed by atoms with E-state index in [4.69, 9.17) is 0 Å².